The van der Waals surface area contributed by atoms with E-state index in [2.05, 4.69) is 41.8 Å². The fourth-order valence-electron chi connectivity index (χ4n) is 3.88. The normalized spacial score (nSPS) is 13.8. The molecule has 2 aromatic carbocycles. The lowest BCUT2D eigenvalue weighted by Gasteiger charge is -2.17. The lowest BCUT2D eigenvalue weighted by molar-refractivity contribution is -0.274. The highest BCUT2D eigenvalue weighted by molar-refractivity contribution is 6.06. The van der Waals surface area contributed by atoms with Crippen molar-refractivity contribution in [2.75, 3.05) is 28.6 Å². The SMILES string of the molecule is C=CNc1cnc(N2CCCC2)nc1C(N)=Nc1cc(C(=O)Nc2cccc(OC(F)(F)F)c2)ccc1C. The summed E-state index contributed by atoms with van der Waals surface area (Å²) >= 11 is 0. The van der Waals surface area contributed by atoms with Gasteiger partial charge in [-0.25, -0.2) is 15.0 Å². The van der Waals surface area contributed by atoms with Crippen LogP contribution in [0.1, 0.15) is 34.5 Å². The number of aromatic nitrogens is 2. The number of carbonyl (C=O) groups excluding carboxylic acids is 1. The van der Waals surface area contributed by atoms with Crippen LogP contribution in [0.25, 0.3) is 0 Å². The summed E-state index contributed by atoms with van der Waals surface area (Å²) < 4.78 is 41.5. The van der Waals surface area contributed by atoms with Gasteiger partial charge in [-0.1, -0.05) is 18.7 Å². The summed E-state index contributed by atoms with van der Waals surface area (Å²) in [6, 6.07) is 9.83. The Morgan fingerprint density at radius 3 is 2.68 bits per heavy atom. The number of nitrogens with two attached hydrogens (primary N) is 1. The van der Waals surface area contributed by atoms with E-state index in [0.29, 0.717) is 23.0 Å². The smallest absolute Gasteiger partial charge is 0.406 e. The van der Waals surface area contributed by atoms with Gasteiger partial charge in [0.15, 0.2) is 5.84 Å². The zero-order valence-corrected chi connectivity index (χ0v) is 20.5. The Hall–Kier alpha value is -4.61. The fourth-order valence-corrected chi connectivity index (χ4v) is 3.88. The Kier molecular flexibility index (Phi) is 7.79. The Bertz CT molecular complexity index is 1370. The summed E-state index contributed by atoms with van der Waals surface area (Å²) in [6.07, 6.45) is 0.376. The fraction of sp³-hybridized carbons (Fsp3) is 0.231. The first kappa shape index (κ1) is 26.5. The lowest BCUT2D eigenvalue weighted by atomic mass is 10.1. The van der Waals surface area contributed by atoms with Crippen LogP contribution in [0, 0.1) is 6.92 Å². The topological polar surface area (TPSA) is 118 Å². The molecule has 1 aliphatic rings. The van der Waals surface area contributed by atoms with Crippen LogP contribution in [-0.2, 0) is 0 Å². The molecule has 0 bridgehead atoms. The molecule has 2 heterocycles. The van der Waals surface area contributed by atoms with Gasteiger partial charge in [0.2, 0.25) is 5.95 Å². The zero-order chi connectivity index (χ0) is 27.3. The number of anilines is 3. The van der Waals surface area contributed by atoms with E-state index >= 15 is 0 Å². The predicted molar refractivity (Wildman–Crippen MR) is 140 cm³/mol. The molecule has 1 aromatic heterocycles. The highest BCUT2D eigenvalue weighted by Gasteiger charge is 2.31. The third kappa shape index (κ3) is 6.58. The number of halogens is 3. The summed E-state index contributed by atoms with van der Waals surface area (Å²) in [5.41, 5.74) is 8.82. The van der Waals surface area contributed by atoms with Crippen molar-refractivity contribution in [2.45, 2.75) is 26.1 Å². The Labute approximate surface area is 217 Å². The minimum absolute atomic E-state index is 0.106. The Morgan fingerprint density at radius 1 is 1.21 bits per heavy atom. The summed E-state index contributed by atoms with van der Waals surface area (Å²) in [7, 11) is 0. The largest absolute Gasteiger partial charge is 0.573 e. The van der Waals surface area contributed by atoms with Crippen LogP contribution in [0.4, 0.5) is 36.2 Å². The predicted octanol–water partition coefficient (Wildman–Crippen LogP) is 5.13. The Balaban J connectivity index is 1.60. The molecule has 3 aromatic rings. The molecule has 38 heavy (non-hydrogen) atoms. The van der Waals surface area contributed by atoms with Gasteiger partial charge in [0.25, 0.3) is 5.91 Å². The van der Waals surface area contributed by atoms with E-state index in [-0.39, 0.29) is 17.1 Å². The van der Waals surface area contributed by atoms with E-state index < -0.39 is 18.0 Å². The molecule has 1 saturated heterocycles. The molecule has 0 atom stereocenters. The number of nitrogens with zero attached hydrogens (tertiary/aromatic N) is 4. The van der Waals surface area contributed by atoms with Crippen molar-refractivity contribution in [3.05, 3.63) is 78.3 Å². The molecule has 0 radical (unpaired) electrons. The van der Waals surface area contributed by atoms with Gasteiger partial charge in [0.1, 0.15) is 11.4 Å². The monoisotopic (exact) mass is 525 g/mol. The van der Waals surface area contributed by atoms with Crippen molar-refractivity contribution in [3.63, 3.8) is 0 Å². The molecule has 1 amide bonds. The molecule has 1 aliphatic heterocycles. The number of aliphatic imine (C=N–C) groups is 1. The molecule has 0 aliphatic carbocycles. The molecule has 12 heteroatoms. The molecule has 0 spiro atoms. The number of aryl methyl sites for hydroxylation is 1. The second-order valence-electron chi connectivity index (χ2n) is 8.50. The summed E-state index contributed by atoms with van der Waals surface area (Å²) in [4.78, 5) is 28.5. The second kappa shape index (κ2) is 11.2. The molecule has 1 fully saturated rings. The number of alkyl halides is 3. The van der Waals surface area contributed by atoms with Gasteiger partial charge in [-0.05, 0) is 55.8 Å². The van der Waals surface area contributed by atoms with Gasteiger partial charge < -0.3 is 26.0 Å². The maximum absolute atomic E-state index is 12.9. The number of ether oxygens (including phenoxy) is 1. The summed E-state index contributed by atoms with van der Waals surface area (Å²) in [5, 5.41) is 5.53. The molecule has 4 N–H and O–H groups in total. The molecular formula is C26H26F3N7O2. The highest BCUT2D eigenvalue weighted by Crippen LogP contribution is 2.27. The number of nitrogens with one attached hydrogen (secondary N) is 2. The van der Waals surface area contributed by atoms with E-state index in [0.717, 1.165) is 43.6 Å². The van der Waals surface area contributed by atoms with E-state index in [1.165, 1.54) is 24.4 Å². The van der Waals surface area contributed by atoms with Crippen LogP contribution in [0.2, 0.25) is 0 Å². The van der Waals surface area contributed by atoms with E-state index in [4.69, 9.17) is 5.73 Å². The average Bonchev–Trinajstić information content (AvgIpc) is 3.40. The van der Waals surface area contributed by atoms with Crippen LogP contribution in [0.5, 0.6) is 5.75 Å². The van der Waals surface area contributed by atoms with Gasteiger partial charge in [-0.2, -0.15) is 0 Å². The molecular weight excluding hydrogens is 499 g/mol. The van der Waals surface area contributed by atoms with Gasteiger partial charge in [-0.3, -0.25) is 4.79 Å². The molecule has 0 unspecified atom stereocenters. The van der Waals surface area contributed by atoms with E-state index in [1.807, 2.05) is 6.92 Å². The van der Waals surface area contributed by atoms with Crippen LogP contribution in [0.3, 0.4) is 0 Å². The lowest BCUT2D eigenvalue weighted by Crippen LogP contribution is -2.24. The number of rotatable bonds is 8. The van der Waals surface area contributed by atoms with Crippen LogP contribution in [0.15, 0.2) is 66.4 Å². The number of amidine groups is 1. The van der Waals surface area contributed by atoms with Gasteiger partial charge in [0, 0.05) is 30.4 Å². The minimum atomic E-state index is -4.84. The van der Waals surface area contributed by atoms with Crippen LogP contribution < -0.4 is 26.0 Å². The summed E-state index contributed by atoms with van der Waals surface area (Å²) in [5.74, 6) is -0.336. The molecule has 198 valence electrons. The third-order valence-electron chi connectivity index (χ3n) is 5.70. The number of benzene rings is 2. The number of hydrogen-bond donors (Lipinski definition) is 3. The van der Waals surface area contributed by atoms with Crippen molar-refractivity contribution < 1.29 is 22.7 Å². The third-order valence-corrected chi connectivity index (χ3v) is 5.70. The van der Waals surface area contributed by atoms with Gasteiger partial charge in [-0.15, -0.1) is 13.2 Å². The van der Waals surface area contributed by atoms with Crippen LogP contribution >= 0.6 is 0 Å². The maximum atomic E-state index is 12.9. The number of amides is 1. The van der Waals surface area contributed by atoms with Crippen LogP contribution in [-0.4, -0.2) is 41.2 Å². The van der Waals surface area contributed by atoms with E-state index in [9.17, 15) is 18.0 Å². The van der Waals surface area contributed by atoms with Crippen molar-refractivity contribution in [1.82, 2.24) is 9.97 Å². The summed E-state index contributed by atoms with van der Waals surface area (Å²) in [6.45, 7) is 7.19. The molecule has 0 saturated carbocycles. The standard InChI is InChI=1S/C26H26F3N7O2/c1-3-31-21-15-32-25(36-11-4-5-12-36)35-22(21)23(30)34-20-13-17(10-9-16(20)2)24(37)33-18-7-6-8-19(14-18)38-26(27,28)29/h3,6-10,13-15,31H,1,4-5,11-12H2,2H3,(H2,30,34)(H,33,37). The first-order valence-corrected chi connectivity index (χ1v) is 11.7. The molecule has 4 rings (SSSR count). The van der Waals surface area contributed by atoms with Gasteiger partial charge >= 0.3 is 6.36 Å². The number of carbonyl (C=O) groups is 1. The average molecular weight is 526 g/mol. The highest BCUT2D eigenvalue weighted by atomic mass is 19.4. The van der Waals surface area contributed by atoms with Crippen molar-refractivity contribution in [3.8, 4) is 5.75 Å². The maximum Gasteiger partial charge on any atom is 0.573 e. The Morgan fingerprint density at radius 2 is 1.97 bits per heavy atom. The first-order valence-electron chi connectivity index (χ1n) is 11.7. The number of hydrogen-bond acceptors (Lipinski definition) is 7. The second-order valence-corrected chi connectivity index (χ2v) is 8.50. The van der Waals surface area contributed by atoms with E-state index in [1.54, 1.807) is 18.3 Å². The molecule has 9 nitrogen and oxygen atoms in total. The first-order chi connectivity index (χ1) is 18.1. The minimum Gasteiger partial charge on any atom is -0.406 e. The van der Waals surface area contributed by atoms with Gasteiger partial charge in [0.05, 0.1) is 17.6 Å². The van der Waals surface area contributed by atoms with Crippen molar-refractivity contribution in [2.24, 2.45) is 10.7 Å². The zero-order valence-electron chi connectivity index (χ0n) is 20.5. The van der Waals surface area contributed by atoms with Crippen molar-refractivity contribution in [1.29, 1.82) is 0 Å². The van der Waals surface area contributed by atoms with Crippen molar-refractivity contribution >= 4 is 34.8 Å². The quantitative estimate of drug-likeness (QED) is 0.276.